The number of carbonyl (C=O) groups excluding carboxylic acids is 1. The van der Waals surface area contributed by atoms with Gasteiger partial charge in [-0.1, -0.05) is 12.8 Å². The summed E-state index contributed by atoms with van der Waals surface area (Å²) in [5.41, 5.74) is 0. The van der Waals surface area contributed by atoms with Gasteiger partial charge in [-0.15, -0.1) is 0 Å². The zero-order chi connectivity index (χ0) is 19.8. The van der Waals surface area contributed by atoms with Gasteiger partial charge in [0.25, 0.3) is 0 Å². The summed E-state index contributed by atoms with van der Waals surface area (Å²) >= 11 is 0. The molecule has 1 aromatic heterocycles. The standard InChI is InChI=1S/C20H31FN6O/c1-22-20(25-11-10-23-18(28)13-15-5-2-3-6-15)26-16-8-12-27(14-16)19-17(21)7-4-9-24-19/h4,7,9,15-16H,2-3,5-6,8,10-14H2,1H3,(H,23,28)(H2,22,25,26). The molecule has 0 radical (unpaired) electrons. The molecule has 1 unspecified atom stereocenters. The molecule has 28 heavy (non-hydrogen) atoms. The predicted octanol–water partition coefficient (Wildman–Crippen LogP) is 1.66. The van der Waals surface area contributed by atoms with E-state index >= 15 is 0 Å². The van der Waals surface area contributed by atoms with E-state index in [9.17, 15) is 9.18 Å². The molecule has 1 aromatic rings. The lowest BCUT2D eigenvalue weighted by Gasteiger charge is -2.20. The van der Waals surface area contributed by atoms with E-state index in [0.29, 0.717) is 43.8 Å². The van der Waals surface area contributed by atoms with Crippen LogP contribution in [0, 0.1) is 11.7 Å². The van der Waals surface area contributed by atoms with Crippen molar-refractivity contribution in [3.05, 3.63) is 24.1 Å². The number of halogens is 1. The zero-order valence-electron chi connectivity index (χ0n) is 16.6. The summed E-state index contributed by atoms with van der Waals surface area (Å²) in [5, 5.41) is 9.57. The fourth-order valence-electron chi connectivity index (χ4n) is 4.00. The number of carbonyl (C=O) groups is 1. The average Bonchev–Trinajstić information content (AvgIpc) is 3.36. The number of guanidine groups is 1. The monoisotopic (exact) mass is 390 g/mol. The minimum absolute atomic E-state index is 0.139. The summed E-state index contributed by atoms with van der Waals surface area (Å²) in [6, 6.07) is 3.21. The largest absolute Gasteiger partial charge is 0.355 e. The van der Waals surface area contributed by atoms with Crippen molar-refractivity contribution in [3.63, 3.8) is 0 Å². The number of rotatable bonds is 7. The van der Waals surface area contributed by atoms with E-state index in [1.807, 2.05) is 4.90 Å². The Morgan fingerprint density at radius 3 is 2.82 bits per heavy atom. The molecular formula is C20H31FN6O. The van der Waals surface area contributed by atoms with E-state index in [-0.39, 0.29) is 17.8 Å². The van der Waals surface area contributed by atoms with Crippen LogP contribution >= 0.6 is 0 Å². The molecule has 2 heterocycles. The van der Waals surface area contributed by atoms with Crippen molar-refractivity contribution in [1.29, 1.82) is 0 Å². The SMILES string of the molecule is CN=C(NCCNC(=O)CC1CCCC1)NC1CCN(c2ncccc2F)C1. The smallest absolute Gasteiger partial charge is 0.220 e. The van der Waals surface area contributed by atoms with Gasteiger partial charge in [-0.3, -0.25) is 9.79 Å². The molecular weight excluding hydrogens is 359 g/mol. The van der Waals surface area contributed by atoms with Crippen molar-refractivity contribution in [2.24, 2.45) is 10.9 Å². The van der Waals surface area contributed by atoms with Crippen LogP contribution in [0.2, 0.25) is 0 Å². The fraction of sp³-hybridized carbons (Fsp3) is 0.650. The Kier molecular flexibility index (Phi) is 7.45. The first kappa shape index (κ1) is 20.4. The van der Waals surface area contributed by atoms with Gasteiger partial charge in [-0.25, -0.2) is 9.37 Å². The Morgan fingerprint density at radius 1 is 1.29 bits per heavy atom. The van der Waals surface area contributed by atoms with Crippen LogP contribution in [0.15, 0.2) is 23.3 Å². The van der Waals surface area contributed by atoms with E-state index < -0.39 is 0 Å². The van der Waals surface area contributed by atoms with E-state index in [2.05, 4.69) is 25.9 Å². The molecule has 3 N–H and O–H groups in total. The third-order valence-corrected chi connectivity index (χ3v) is 5.48. The first-order chi connectivity index (χ1) is 13.7. The van der Waals surface area contributed by atoms with E-state index in [1.165, 1.54) is 31.7 Å². The second kappa shape index (κ2) is 10.2. The van der Waals surface area contributed by atoms with Crippen LogP contribution in [0.25, 0.3) is 0 Å². The topological polar surface area (TPSA) is 81.6 Å². The maximum absolute atomic E-state index is 13.9. The molecule has 1 amide bonds. The molecule has 1 aliphatic heterocycles. The Bertz CT molecular complexity index is 676. The van der Waals surface area contributed by atoms with E-state index in [4.69, 9.17) is 0 Å². The highest BCUT2D eigenvalue weighted by Gasteiger charge is 2.26. The van der Waals surface area contributed by atoms with Gasteiger partial charge < -0.3 is 20.9 Å². The maximum atomic E-state index is 13.9. The van der Waals surface area contributed by atoms with Crippen molar-refractivity contribution in [2.45, 2.75) is 44.6 Å². The molecule has 2 fully saturated rings. The highest BCUT2D eigenvalue weighted by atomic mass is 19.1. The van der Waals surface area contributed by atoms with Crippen molar-refractivity contribution in [1.82, 2.24) is 20.9 Å². The van der Waals surface area contributed by atoms with Gasteiger partial charge >= 0.3 is 0 Å². The number of pyridine rings is 1. The van der Waals surface area contributed by atoms with Gasteiger partial charge in [-0.2, -0.15) is 0 Å². The van der Waals surface area contributed by atoms with Crippen molar-refractivity contribution in [3.8, 4) is 0 Å². The molecule has 1 saturated carbocycles. The van der Waals surface area contributed by atoms with Crippen LogP contribution in [0.4, 0.5) is 10.2 Å². The highest BCUT2D eigenvalue weighted by molar-refractivity contribution is 5.80. The number of hydrogen-bond donors (Lipinski definition) is 3. The lowest BCUT2D eigenvalue weighted by molar-refractivity contribution is -0.121. The normalized spacial score (nSPS) is 20.4. The number of anilines is 1. The highest BCUT2D eigenvalue weighted by Crippen LogP contribution is 2.27. The van der Waals surface area contributed by atoms with Gasteiger partial charge in [-0.05, 0) is 37.3 Å². The molecule has 2 aliphatic rings. The molecule has 1 aliphatic carbocycles. The van der Waals surface area contributed by atoms with Gasteiger partial charge in [0.15, 0.2) is 17.6 Å². The zero-order valence-corrected chi connectivity index (χ0v) is 16.6. The predicted molar refractivity (Wildman–Crippen MR) is 109 cm³/mol. The minimum Gasteiger partial charge on any atom is -0.355 e. The molecule has 0 aromatic carbocycles. The number of aliphatic imine (C=N–C) groups is 1. The summed E-state index contributed by atoms with van der Waals surface area (Å²) in [4.78, 5) is 22.3. The van der Waals surface area contributed by atoms with Gasteiger partial charge in [0, 0.05) is 51.9 Å². The summed E-state index contributed by atoms with van der Waals surface area (Å²) in [7, 11) is 1.72. The first-order valence-electron chi connectivity index (χ1n) is 10.2. The summed E-state index contributed by atoms with van der Waals surface area (Å²) < 4.78 is 13.9. The number of aromatic nitrogens is 1. The summed E-state index contributed by atoms with van der Waals surface area (Å²) in [5.74, 6) is 1.51. The number of hydrogen-bond acceptors (Lipinski definition) is 4. The molecule has 7 nitrogen and oxygen atoms in total. The molecule has 3 rings (SSSR count). The molecule has 0 spiro atoms. The van der Waals surface area contributed by atoms with Crippen LogP contribution < -0.4 is 20.9 Å². The van der Waals surface area contributed by atoms with Crippen LogP contribution in [-0.2, 0) is 4.79 Å². The second-order valence-electron chi connectivity index (χ2n) is 7.59. The maximum Gasteiger partial charge on any atom is 0.220 e. The van der Waals surface area contributed by atoms with Gasteiger partial charge in [0.2, 0.25) is 5.91 Å². The van der Waals surface area contributed by atoms with Crippen molar-refractivity contribution < 1.29 is 9.18 Å². The van der Waals surface area contributed by atoms with Crippen LogP contribution in [0.5, 0.6) is 0 Å². The Morgan fingerprint density at radius 2 is 2.07 bits per heavy atom. The fourth-order valence-corrected chi connectivity index (χ4v) is 4.00. The van der Waals surface area contributed by atoms with Gasteiger partial charge in [0.1, 0.15) is 0 Å². The third-order valence-electron chi connectivity index (χ3n) is 5.48. The molecule has 1 saturated heterocycles. The lowest BCUT2D eigenvalue weighted by atomic mass is 10.0. The number of amides is 1. The Balaban J connectivity index is 1.34. The summed E-state index contributed by atoms with van der Waals surface area (Å²) in [6.45, 7) is 2.61. The Labute approximate surface area is 166 Å². The van der Waals surface area contributed by atoms with Crippen molar-refractivity contribution in [2.75, 3.05) is 38.1 Å². The number of nitrogens with one attached hydrogen (secondary N) is 3. The van der Waals surface area contributed by atoms with Gasteiger partial charge in [0.05, 0.1) is 0 Å². The van der Waals surface area contributed by atoms with Crippen molar-refractivity contribution >= 4 is 17.7 Å². The van der Waals surface area contributed by atoms with Crippen LogP contribution in [0.1, 0.15) is 38.5 Å². The summed E-state index contributed by atoms with van der Waals surface area (Å²) in [6.07, 6.45) is 8.02. The third kappa shape index (κ3) is 5.81. The molecule has 154 valence electrons. The Hall–Kier alpha value is -2.38. The lowest BCUT2D eigenvalue weighted by Crippen LogP contribution is -2.46. The molecule has 8 heteroatoms. The second-order valence-corrected chi connectivity index (χ2v) is 7.59. The van der Waals surface area contributed by atoms with E-state index in [0.717, 1.165) is 13.0 Å². The molecule has 0 bridgehead atoms. The van der Waals surface area contributed by atoms with Crippen LogP contribution in [0.3, 0.4) is 0 Å². The first-order valence-corrected chi connectivity index (χ1v) is 10.2. The van der Waals surface area contributed by atoms with E-state index in [1.54, 1.807) is 19.3 Å². The molecule has 1 atom stereocenters. The average molecular weight is 391 g/mol. The van der Waals surface area contributed by atoms with Crippen LogP contribution in [-0.4, -0.2) is 56.1 Å². The minimum atomic E-state index is -0.293. The quantitative estimate of drug-likeness (QED) is 0.375. The number of nitrogens with zero attached hydrogens (tertiary/aromatic N) is 3.